The lowest BCUT2D eigenvalue weighted by Gasteiger charge is -2.09. The normalized spacial score (nSPS) is 11.5. The van der Waals surface area contributed by atoms with Crippen LogP contribution in [-0.2, 0) is 6.18 Å². The minimum Gasteiger partial charge on any atom is -0.306 e. The van der Waals surface area contributed by atoms with Crippen molar-refractivity contribution in [1.29, 1.82) is 0 Å². The van der Waals surface area contributed by atoms with Crippen LogP contribution < -0.4 is 0 Å². The van der Waals surface area contributed by atoms with Crippen LogP contribution in [0.1, 0.15) is 5.56 Å². The highest BCUT2D eigenvalue weighted by molar-refractivity contribution is 5.49. The molecule has 8 heteroatoms. The van der Waals surface area contributed by atoms with E-state index in [0.717, 1.165) is 12.1 Å². The average molecular weight is 257 g/mol. The summed E-state index contributed by atoms with van der Waals surface area (Å²) in [6.07, 6.45) is -0.629. The molecular formula is C10H6F3N3O2. The molecule has 0 aliphatic carbocycles. The van der Waals surface area contributed by atoms with Crippen molar-refractivity contribution in [3.63, 3.8) is 0 Å². The lowest BCUT2D eigenvalue weighted by molar-refractivity contribution is -0.388. The van der Waals surface area contributed by atoms with Gasteiger partial charge in [-0.2, -0.15) is 13.2 Å². The van der Waals surface area contributed by atoms with E-state index in [2.05, 4.69) is 4.98 Å². The fourth-order valence-electron chi connectivity index (χ4n) is 1.48. The molecule has 2 aromatic rings. The van der Waals surface area contributed by atoms with E-state index in [0.29, 0.717) is 0 Å². The fraction of sp³-hybridized carbons (Fsp3) is 0.100. The molecule has 0 atom stereocenters. The summed E-state index contributed by atoms with van der Waals surface area (Å²) in [5.74, 6) is 0. The lowest BCUT2D eigenvalue weighted by Crippen LogP contribution is -2.09. The Morgan fingerprint density at radius 1 is 1.33 bits per heavy atom. The minimum atomic E-state index is -4.78. The Labute approximate surface area is 98.6 Å². The van der Waals surface area contributed by atoms with Gasteiger partial charge in [-0.1, -0.05) is 0 Å². The number of nitro groups is 1. The first-order chi connectivity index (χ1) is 8.39. The van der Waals surface area contributed by atoms with Gasteiger partial charge in [0.1, 0.15) is 5.56 Å². The molecule has 94 valence electrons. The summed E-state index contributed by atoms with van der Waals surface area (Å²) in [5.41, 5.74) is -2.09. The maximum absolute atomic E-state index is 12.7. The number of halogens is 3. The van der Waals surface area contributed by atoms with Gasteiger partial charge < -0.3 is 4.57 Å². The topological polar surface area (TPSA) is 61.0 Å². The standard InChI is InChI=1S/C10H6F3N3O2/c11-10(12,13)8-5-7(15-4-3-14-6-15)1-2-9(8)16(17)18/h1-6H. The molecule has 0 spiro atoms. The van der Waals surface area contributed by atoms with E-state index in [-0.39, 0.29) is 5.69 Å². The third-order valence-corrected chi connectivity index (χ3v) is 2.28. The van der Waals surface area contributed by atoms with Crippen LogP contribution >= 0.6 is 0 Å². The van der Waals surface area contributed by atoms with E-state index in [1.54, 1.807) is 0 Å². The summed E-state index contributed by atoms with van der Waals surface area (Å²) in [7, 11) is 0. The van der Waals surface area contributed by atoms with Gasteiger partial charge in [0.25, 0.3) is 5.69 Å². The van der Waals surface area contributed by atoms with Crippen molar-refractivity contribution in [2.24, 2.45) is 0 Å². The number of aromatic nitrogens is 2. The Hall–Kier alpha value is -2.38. The Bertz CT molecular complexity index is 579. The zero-order valence-corrected chi connectivity index (χ0v) is 8.76. The molecule has 0 amide bonds. The Kier molecular flexibility index (Phi) is 2.77. The number of benzene rings is 1. The monoisotopic (exact) mass is 257 g/mol. The van der Waals surface area contributed by atoms with Crippen LogP contribution in [-0.4, -0.2) is 14.5 Å². The summed E-state index contributed by atoms with van der Waals surface area (Å²) in [6.45, 7) is 0. The first kappa shape index (κ1) is 12.1. The van der Waals surface area contributed by atoms with Crippen molar-refractivity contribution >= 4 is 5.69 Å². The smallest absolute Gasteiger partial charge is 0.306 e. The van der Waals surface area contributed by atoms with Crippen molar-refractivity contribution in [3.8, 4) is 5.69 Å². The number of imidazole rings is 1. The number of alkyl halides is 3. The first-order valence-corrected chi connectivity index (χ1v) is 4.73. The summed E-state index contributed by atoms with van der Waals surface area (Å²) in [6, 6.07) is 2.78. The van der Waals surface area contributed by atoms with E-state index in [9.17, 15) is 23.3 Å². The minimum absolute atomic E-state index is 0.158. The van der Waals surface area contributed by atoms with E-state index >= 15 is 0 Å². The van der Waals surface area contributed by atoms with Crippen molar-refractivity contribution in [2.75, 3.05) is 0 Å². The van der Waals surface area contributed by atoms with E-state index in [1.807, 2.05) is 0 Å². The molecule has 0 aliphatic rings. The van der Waals surface area contributed by atoms with Gasteiger partial charge in [-0.05, 0) is 12.1 Å². The maximum atomic E-state index is 12.7. The number of hydrogen-bond acceptors (Lipinski definition) is 3. The van der Waals surface area contributed by atoms with Gasteiger partial charge >= 0.3 is 6.18 Å². The molecular weight excluding hydrogens is 251 g/mol. The number of hydrogen-bond donors (Lipinski definition) is 0. The van der Waals surface area contributed by atoms with Crippen LogP contribution in [0.3, 0.4) is 0 Å². The largest absolute Gasteiger partial charge is 0.423 e. The number of nitro benzene ring substituents is 1. The fourth-order valence-corrected chi connectivity index (χ4v) is 1.48. The molecule has 0 unspecified atom stereocenters. The molecule has 5 nitrogen and oxygen atoms in total. The molecule has 0 fully saturated rings. The van der Waals surface area contributed by atoms with Gasteiger partial charge in [-0.3, -0.25) is 10.1 Å². The number of nitrogens with zero attached hydrogens (tertiary/aromatic N) is 3. The molecule has 0 bridgehead atoms. The van der Waals surface area contributed by atoms with Crippen molar-refractivity contribution in [2.45, 2.75) is 6.18 Å². The van der Waals surface area contributed by atoms with Gasteiger partial charge in [0, 0.05) is 24.1 Å². The Morgan fingerprint density at radius 3 is 2.56 bits per heavy atom. The van der Waals surface area contributed by atoms with Gasteiger partial charge in [-0.25, -0.2) is 4.98 Å². The molecule has 0 N–H and O–H groups in total. The molecule has 0 saturated heterocycles. The predicted molar refractivity (Wildman–Crippen MR) is 55.2 cm³/mol. The molecule has 0 aliphatic heterocycles. The van der Waals surface area contributed by atoms with Crippen molar-refractivity contribution < 1.29 is 18.1 Å². The highest BCUT2D eigenvalue weighted by atomic mass is 19.4. The quantitative estimate of drug-likeness (QED) is 0.613. The molecule has 1 aromatic heterocycles. The van der Waals surface area contributed by atoms with Crippen LogP contribution in [0.4, 0.5) is 18.9 Å². The van der Waals surface area contributed by atoms with Crippen molar-refractivity contribution in [1.82, 2.24) is 9.55 Å². The zero-order valence-electron chi connectivity index (χ0n) is 8.76. The zero-order chi connectivity index (χ0) is 13.3. The molecule has 0 saturated carbocycles. The van der Waals surface area contributed by atoms with Crippen molar-refractivity contribution in [3.05, 3.63) is 52.6 Å². The van der Waals surface area contributed by atoms with Gasteiger partial charge in [0.15, 0.2) is 0 Å². The predicted octanol–water partition coefficient (Wildman–Crippen LogP) is 2.80. The Balaban J connectivity index is 2.60. The molecule has 2 rings (SSSR count). The molecule has 1 heterocycles. The SMILES string of the molecule is O=[N+]([O-])c1ccc(-n2ccnc2)cc1C(F)(F)F. The van der Waals surface area contributed by atoms with Crippen LogP contribution in [0.2, 0.25) is 0 Å². The highest BCUT2D eigenvalue weighted by Gasteiger charge is 2.38. The van der Waals surface area contributed by atoms with E-state index < -0.39 is 22.4 Å². The van der Waals surface area contributed by atoms with Crippen LogP contribution in [0.15, 0.2) is 36.9 Å². The second-order valence-electron chi connectivity index (χ2n) is 3.43. The molecule has 1 aromatic carbocycles. The van der Waals surface area contributed by atoms with Gasteiger partial charge in [0.2, 0.25) is 0 Å². The van der Waals surface area contributed by atoms with E-state index in [4.69, 9.17) is 0 Å². The third-order valence-electron chi connectivity index (χ3n) is 2.28. The summed E-state index contributed by atoms with van der Waals surface area (Å²) in [5, 5.41) is 10.6. The first-order valence-electron chi connectivity index (χ1n) is 4.73. The van der Waals surface area contributed by atoms with Gasteiger partial charge in [-0.15, -0.1) is 0 Å². The summed E-state index contributed by atoms with van der Waals surface area (Å²) < 4.78 is 39.4. The second kappa shape index (κ2) is 4.13. The lowest BCUT2D eigenvalue weighted by atomic mass is 10.1. The molecule has 0 radical (unpaired) electrons. The average Bonchev–Trinajstić information content (AvgIpc) is 2.80. The van der Waals surface area contributed by atoms with E-state index in [1.165, 1.54) is 29.4 Å². The second-order valence-corrected chi connectivity index (χ2v) is 3.43. The maximum Gasteiger partial charge on any atom is 0.423 e. The third kappa shape index (κ3) is 2.17. The highest BCUT2D eigenvalue weighted by Crippen LogP contribution is 2.37. The summed E-state index contributed by atoms with van der Waals surface area (Å²) in [4.78, 5) is 13.2. The summed E-state index contributed by atoms with van der Waals surface area (Å²) >= 11 is 0. The van der Waals surface area contributed by atoms with Gasteiger partial charge in [0.05, 0.1) is 11.3 Å². The number of rotatable bonds is 2. The van der Waals surface area contributed by atoms with Crippen LogP contribution in [0.5, 0.6) is 0 Å². The van der Waals surface area contributed by atoms with Crippen LogP contribution in [0, 0.1) is 10.1 Å². The Morgan fingerprint density at radius 2 is 2.06 bits per heavy atom. The molecule has 18 heavy (non-hydrogen) atoms. The van der Waals surface area contributed by atoms with Crippen LogP contribution in [0.25, 0.3) is 5.69 Å².